The number of amides is 1. The molecule has 0 atom stereocenters. The van der Waals surface area contributed by atoms with E-state index in [1.54, 1.807) is 11.0 Å². The Hall–Kier alpha value is -1.62. The first kappa shape index (κ1) is 26.6. The highest BCUT2D eigenvalue weighted by Gasteiger charge is 2.44. The zero-order valence-electron chi connectivity index (χ0n) is 16.7. The lowest BCUT2D eigenvalue weighted by atomic mass is 9.67. The van der Waals surface area contributed by atoms with Crippen LogP contribution in [0.5, 0.6) is 0 Å². The first-order valence-corrected chi connectivity index (χ1v) is 10.0. The summed E-state index contributed by atoms with van der Waals surface area (Å²) in [7, 11) is 0. The SMILES string of the molecule is Cl.Cl.NC[C@]1(c2cc(Cl)ccc2F)CC[C@H](N2CCn3c(nnc3C(F)(F)F)C2=O)CC1. The van der Waals surface area contributed by atoms with Crippen molar-refractivity contribution in [3.05, 3.63) is 46.3 Å². The zero-order valence-corrected chi connectivity index (χ0v) is 19.1. The van der Waals surface area contributed by atoms with Crippen LogP contribution in [-0.4, -0.2) is 44.7 Å². The fourth-order valence-electron chi connectivity index (χ4n) is 4.62. The molecular formula is C19H22Cl3F4N5O. The number of nitrogens with two attached hydrogens (primary N) is 1. The van der Waals surface area contributed by atoms with Crippen LogP contribution in [0, 0.1) is 5.82 Å². The Labute approximate surface area is 199 Å². The van der Waals surface area contributed by atoms with Crippen LogP contribution in [0.25, 0.3) is 0 Å². The lowest BCUT2D eigenvalue weighted by Crippen LogP contribution is -2.51. The third-order valence-corrected chi connectivity index (χ3v) is 6.50. The highest BCUT2D eigenvalue weighted by atomic mass is 35.5. The number of carbonyl (C=O) groups is 1. The Bertz CT molecular complexity index is 976. The highest BCUT2D eigenvalue weighted by molar-refractivity contribution is 6.30. The summed E-state index contributed by atoms with van der Waals surface area (Å²) in [5.41, 5.74) is 5.91. The van der Waals surface area contributed by atoms with Gasteiger partial charge in [-0.3, -0.25) is 9.36 Å². The van der Waals surface area contributed by atoms with Crippen molar-refractivity contribution in [2.24, 2.45) is 5.73 Å². The van der Waals surface area contributed by atoms with Crippen molar-refractivity contribution in [3.8, 4) is 0 Å². The molecule has 6 nitrogen and oxygen atoms in total. The summed E-state index contributed by atoms with van der Waals surface area (Å²) in [5.74, 6) is -2.40. The number of nitrogens with zero attached hydrogens (tertiary/aromatic N) is 4. The van der Waals surface area contributed by atoms with Crippen molar-refractivity contribution >= 4 is 42.3 Å². The fraction of sp³-hybridized carbons (Fsp3) is 0.526. The van der Waals surface area contributed by atoms with Gasteiger partial charge in [-0.05, 0) is 49.4 Å². The van der Waals surface area contributed by atoms with Gasteiger partial charge in [-0.25, -0.2) is 4.39 Å². The van der Waals surface area contributed by atoms with Crippen LogP contribution >= 0.6 is 36.4 Å². The molecule has 1 amide bonds. The van der Waals surface area contributed by atoms with Crippen LogP contribution in [-0.2, 0) is 18.1 Å². The quantitative estimate of drug-likeness (QED) is 0.617. The molecule has 4 rings (SSSR count). The van der Waals surface area contributed by atoms with Crippen molar-refractivity contribution in [3.63, 3.8) is 0 Å². The summed E-state index contributed by atoms with van der Waals surface area (Å²) in [5, 5.41) is 7.07. The molecule has 0 unspecified atom stereocenters. The fourth-order valence-corrected chi connectivity index (χ4v) is 4.80. The molecule has 0 spiro atoms. The lowest BCUT2D eigenvalue weighted by Gasteiger charge is -2.44. The number of benzene rings is 1. The molecular weight excluding hydrogens is 497 g/mol. The smallest absolute Gasteiger partial charge is 0.331 e. The van der Waals surface area contributed by atoms with E-state index in [-0.39, 0.29) is 62.1 Å². The van der Waals surface area contributed by atoms with Gasteiger partial charge in [0.2, 0.25) is 11.6 Å². The maximum Gasteiger partial charge on any atom is 0.451 e. The van der Waals surface area contributed by atoms with Crippen LogP contribution in [0.2, 0.25) is 5.02 Å². The lowest BCUT2D eigenvalue weighted by molar-refractivity contribution is -0.147. The van der Waals surface area contributed by atoms with Crippen LogP contribution in [0.4, 0.5) is 17.6 Å². The van der Waals surface area contributed by atoms with Gasteiger partial charge in [0.25, 0.3) is 5.91 Å². The minimum Gasteiger partial charge on any atom is -0.331 e. The molecule has 2 aromatic rings. The Morgan fingerprint density at radius 2 is 1.81 bits per heavy atom. The number of fused-ring (bicyclic) bond motifs is 1. The molecule has 1 fully saturated rings. The summed E-state index contributed by atoms with van der Waals surface area (Å²) in [6.07, 6.45) is -2.49. The van der Waals surface area contributed by atoms with E-state index in [0.29, 0.717) is 36.3 Å². The highest BCUT2D eigenvalue weighted by Crippen LogP contribution is 2.42. The van der Waals surface area contributed by atoms with Crippen LogP contribution in [0.1, 0.15) is 47.7 Å². The number of hydrogen-bond donors (Lipinski definition) is 1. The minimum absolute atomic E-state index is 0. The largest absolute Gasteiger partial charge is 0.451 e. The maximum absolute atomic E-state index is 14.5. The molecule has 0 bridgehead atoms. The molecule has 2 N–H and O–H groups in total. The van der Waals surface area contributed by atoms with E-state index in [9.17, 15) is 22.4 Å². The summed E-state index contributed by atoms with van der Waals surface area (Å²) >= 11 is 6.05. The molecule has 1 aliphatic heterocycles. The molecule has 1 aromatic carbocycles. The minimum atomic E-state index is -4.67. The Morgan fingerprint density at radius 3 is 2.41 bits per heavy atom. The second kappa shape index (κ2) is 9.70. The Kier molecular flexibility index (Phi) is 8.08. The summed E-state index contributed by atoms with van der Waals surface area (Å²) in [6, 6.07) is 4.21. The number of aromatic nitrogens is 3. The zero-order chi connectivity index (χ0) is 21.7. The van der Waals surface area contributed by atoms with Crippen LogP contribution < -0.4 is 5.73 Å². The monoisotopic (exact) mass is 517 g/mol. The van der Waals surface area contributed by atoms with E-state index < -0.39 is 23.3 Å². The Morgan fingerprint density at radius 1 is 1.16 bits per heavy atom. The third-order valence-electron chi connectivity index (χ3n) is 6.26. The van der Waals surface area contributed by atoms with Gasteiger partial charge in [-0.2, -0.15) is 13.2 Å². The van der Waals surface area contributed by atoms with Crippen molar-refractivity contribution in [2.45, 2.75) is 49.9 Å². The second-order valence-electron chi connectivity index (χ2n) is 7.83. The van der Waals surface area contributed by atoms with E-state index >= 15 is 0 Å². The molecule has 1 saturated carbocycles. The van der Waals surface area contributed by atoms with E-state index in [1.807, 2.05) is 0 Å². The molecule has 13 heteroatoms. The van der Waals surface area contributed by atoms with Gasteiger partial charge in [0.05, 0.1) is 0 Å². The second-order valence-corrected chi connectivity index (χ2v) is 8.27. The summed E-state index contributed by atoms with van der Waals surface area (Å²) < 4.78 is 54.4. The van der Waals surface area contributed by atoms with E-state index in [4.69, 9.17) is 17.3 Å². The molecule has 2 heterocycles. The standard InChI is InChI=1S/C19H20ClF4N5O.2ClH/c20-11-1-2-14(21)13(9-11)18(10-25)5-3-12(4-6-18)28-7-8-29-15(16(28)30)26-27-17(29)19(22,23)24;;/h1-2,9,12H,3-8,10,25H2;2*1H/t12-,18-;;. The van der Waals surface area contributed by atoms with E-state index in [2.05, 4.69) is 10.2 Å². The third kappa shape index (κ3) is 4.55. The number of rotatable bonds is 3. The van der Waals surface area contributed by atoms with Crippen molar-refractivity contribution < 1.29 is 22.4 Å². The molecule has 1 aliphatic carbocycles. The summed E-state index contributed by atoms with van der Waals surface area (Å²) in [4.78, 5) is 14.3. The normalized spacial score (nSPS) is 23.2. The topological polar surface area (TPSA) is 77.0 Å². The molecule has 1 aromatic heterocycles. The molecule has 0 saturated heterocycles. The van der Waals surface area contributed by atoms with Crippen molar-refractivity contribution in [1.29, 1.82) is 0 Å². The molecule has 32 heavy (non-hydrogen) atoms. The number of carbonyl (C=O) groups excluding carboxylic acids is 1. The van der Waals surface area contributed by atoms with Gasteiger partial charge >= 0.3 is 6.18 Å². The van der Waals surface area contributed by atoms with Gasteiger partial charge in [-0.15, -0.1) is 35.0 Å². The van der Waals surface area contributed by atoms with Gasteiger partial charge < -0.3 is 10.6 Å². The van der Waals surface area contributed by atoms with Crippen LogP contribution in [0.3, 0.4) is 0 Å². The first-order valence-electron chi connectivity index (χ1n) is 9.63. The Balaban J connectivity index is 0.00000181. The van der Waals surface area contributed by atoms with Gasteiger partial charge in [-0.1, -0.05) is 11.6 Å². The van der Waals surface area contributed by atoms with Crippen LogP contribution in [0.15, 0.2) is 18.2 Å². The number of hydrogen-bond acceptors (Lipinski definition) is 4. The average molecular weight is 519 g/mol. The predicted octanol–water partition coefficient (Wildman–Crippen LogP) is 4.23. The average Bonchev–Trinajstić information content (AvgIpc) is 3.16. The van der Waals surface area contributed by atoms with Crippen molar-refractivity contribution in [1.82, 2.24) is 19.7 Å². The predicted molar refractivity (Wildman–Crippen MR) is 115 cm³/mol. The maximum atomic E-state index is 14.5. The molecule has 0 radical (unpaired) electrons. The van der Waals surface area contributed by atoms with E-state index in [0.717, 1.165) is 4.57 Å². The number of halogens is 7. The van der Waals surface area contributed by atoms with Gasteiger partial charge in [0.15, 0.2) is 0 Å². The molecule has 2 aliphatic rings. The van der Waals surface area contributed by atoms with Gasteiger partial charge in [0.1, 0.15) is 5.82 Å². The first-order chi connectivity index (χ1) is 14.2. The molecule has 178 valence electrons. The van der Waals surface area contributed by atoms with Gasteiger partial charge in [0, 0.05) is 36.1 Å². The summed E-state index contributed by atoms with van der Waals surface area (Å²) in [6.45, 7) is 0.345. The van der Waals surface area contributed by atoms with Crippen molar-refractivity contribution in [2.75, 3.05) is 13.1 Å². The van der Waals surface area contributed by atoms with E-state index in [1.165, 1.54) is 12.1 Å². The number of alkyl halides is 3.